The number of halogens is 8. The number of fused-ring (bicyclic) bond motifs is 2. The molecule has 0 saturated carbocycles. The molecule has 6 aromatic rings. The van der Waals surface area contributed by atoms with E-state index >= 15 is 0 Å². The monoisotopic (exact) mass is 706 g/mol. The van der Waals surface area contributed by atoms with E-state index in [1.54, 1.807) is 12.1 Å². The summed E-state index contributed by atoms with van der Waals surface area (Å²) in [5.41, 5.74) is 3.70. The second-order valence-electron chi connectivity index (χ2n) is 9.78. The van der Waals surface area contributed by atoms with Crippen molar-refractivity contribution in [1.29, 1.82) is 0 Å². The number of nitrogens with zero attached hydrogens (tertiary/aromatic N) is 3. The number of nitro benzene ring substituents is 1. The molecule has 0 spiro atoms. The second-order valence-corrected chi connectivity index (χ2v) is 10.6. The van der Waals surface area contributed by atoms with E-state index in [9.17, 15) is 36.5 Å². The molecule has 6 rings (SSSR count). The van der Waals surface area contributed by atoms with Gasteiger partial charge in [0.05, 0.1) is 37.1 Å². The van der Waals surface area contributed by atoms with Gasteiger partial charge in [-0.3, -0.25) is 20.1 Å². The number of aromatic nitrogens is 2. The average Bonchev–Trinajstić information content (AvgIpc) is 3.02. The molecule has 0 saturated heterocycles. The van der Waals surface area contributed by atoms with Crippen LogP contribution in [-0.4, -0.2) is 14.9 Å². The lowest BCUT2D eigenvalue weighted by Crippen LogP contribution is -2.06. The SMILES string of the molecule is Nc1ccc(Oc2ccnc3c(C(F)(F)F)cccc23)c(Cl)c1.O=[N+]([O-])c1ccc(Oc2ccnc3c(C(F)(F)F)cccc23)c(Cl)c1. The quantitative estimate of drug-likeness (QED) is 0.0821. The summed E-state index contributed by atoms with van der Waals surface area (Å²) in [4.78, 5) is 17.7. The topological polar surface area (TPSA) is 113 Å². The molecule has 0 radical (unpaired) electrons. The van der Waals surface area contributed by atoms with E-state index in [0.717, 1.165) is 18.2 Å². The van der Waals surface area contributed by atoms with Crippen LogP contribution in [0.25, 0.3) is 21.8 Å². The van der Waals surface area contributed by atoms with Gasteiger partial charge >= 0.3 is 12.4 Å². The van der Waals surface area contributed by atoms with Crippen LogP contribution in [0.4, 0.5) is 37.7 Å². The van der Waals surface area contributed by atoms with E-state index in [0.29, 0.717) is 11.4 Å². The Bertz CT molecular complexity index is 2160. The van der Waals surface area contributed by atoms with E-state index in [-0.39, 0.29) is 54.8 Å². The standard InChI is InChI=1S/C16H8ClF3N2O3.C16H10ClF3N2O/c17-12-8-9(22(23)24)4-5-14(12)25-13-6-7-21-15-10(13)2-1-3-11(15)16(18,19)20;17-12-8-9(21)4-5-14(12)23-13-6-7-22-15-10(13)2-1-3-11(15)16(18,19)20/h1-8H;1-8H,21H2. The molecule has 16 heteroatoms. The van der Waals surface area contributed by atoms with Crippen LogP contribution < -0.4 is 15.2 Å². The lowest BCUT2D eigenvalue weighted by Gasteiger charge is -2.13. The predicted octanol–water partition coefficient (Wildman–Crippen LogP) is 10.9. The van der Waals surface area contributed by atoms with Crippen LogP contribution in [0.15, 0.2) is 97.3 Å². The fourth-order valence-corrected chi connectivity index (χ4v) is 4.90. The molecule has 48 heavy (non-hydrogen) atoms. The zero-order valence-corrected chi connectivity index (χ0v) is 25.3. The van der Waals surface area contributed by atoms with Crippen LogP contribution in [0, 0.1) is 10.1 Å². The minimum Gasteiger partial charge on any atom is -0.455 e. The minimum atomic E-state index is -4.56. The molecule has 2 heterocycles. The summed E-state index contributed by atoms with van der Waals surface area (Å²) >= 11 is 12.0. The summed E-state index contributed by atoms with van der Waals surface area (Å²) in [6.07, 6.45) is -6.61. The summed E-state index contributed by atoms with van der Waals surface area (Å²) in [6, 6.07) is 18.5. The van der Waals surface area contributed by atoms with Gasteiger partial charge in [0.1, 0.15) is 23.0 Å². The van der Waals surface area contributed by atoms with Gasteiger partial charge in [0.2, 0.25) is 0 Å². The summed E-state index contributed by atoms with van der Waals surface area (Å²) in [5.74, 6) is 0.711. The summed E-state index contributed by atoms with van der Waals surface area (Å²) in [5, 5.41) is 11.3. The molecule has 0 aliphatic carbocycles. The molecule has 246 valence electrons. The number of nitro groups is 1. The molecule has 4 aromatic carbocycles. The van der Waals surface area contributed by atoms with Crippen LogP contribution in [0.2, 0.25) is 10.0 Å². The van der Waals surface area contributed by atoms with E-state index in [1.807, 2.05) is 0 Å². The first-order valence-electron chi connectivity index (χ1n) is 13.4. The number of pyridine rings is 2. The van der Waals surface area contributed by atoms with Gasteiger partial charge < -0.3 is 15.2 Å². The second kappa shape index (κ2) is 13.4. The highest BCUT2D eigenvalue weighted by Gasteiger charge is 2.34. The number of non-ortho nitro benzene ring substituents is 1. The van der Waals surface area contributed by atoms with Crippen LogP contribution >= 0.6 is 23.2 Å². The smallest absolute Gasteiger partial charge is 0.418 e. The molecule has 0 aliphatic heterocycles. The van der Waals surface area contributed by atoms with Crippen molar-refractivity contribution in [3.8, 4) is 23.0 Å². The number of rotatable bonds is 5. The lowest BCUT2D eigenvalue weighted by molar-refractivity contribution is -0.384. The number of hydrogen-bond acceptors (Lipinski definition) is 7. The van der Waals surface area contributed by atoms with Gasteiger partial charge in [-0.05, 0) is 60.7 Å². The Morgan fingerprint density at radius 3 is 1.52 bits per heavy atom. The third kappa shape index (κ3) is 7.45. The van der Waals surface area contributed by atoms with Crippen molar-refractivity contribution in [2.24, 2.45) is 0 Å². The van der Waals surface area contributed by atoms with E-state index in [4.69, 9.17) is 38.4 Å². The lowest BCUT2D eigenvalue weighted by atomic mass is 10.1. The van der Waals surface area contributed by atoms with Crippen molar-refractivity contribution >= 4 is 56.4 Å². The Labute approximate surface area is 276 Å². The van der Waals surface area contributed by atoms with Gasteiger partial charge in [0.15, 0.2) is 0 Å². The number of benzene rings is 4. The number of ether oxygens (including phenoxy) is 2. The van der Waals surface area contributed by atoms with Crippen molar-refractivity contribution in [3.63, 3.8) is 0 Å². The van der Waals surface area contributed by atoms with E-state index in [1.165, 1.54) is 67.0 Å². The summed E-state index contributed by atoms with van der Waals surface area (Å²) in [6.45, 7) is 0. The summed E-state index contributed by atoms with van der Waals surface area (Å²) < 4.78 is 89.7. The molecule has 0 fully saturated rings. The molecule has 2 N–H and O–H groups in total. The van der Waals surface area contributed by atoms with Crippen LogP contribution in [-0.2, 0) is 12.4 Å². The highest BCUT2D eigenvalue weighted by Crippen LogP contribution is 2.40. The number of nitrogens with two attached hydrogens (primary N) is 1. The number of nitrogen functional groups attached to an aromatic ring is 1. The molecule has 0 bridgehead atoms. The molecule has 2 aromatic heterocycles. The molecular weight excluding hydrogens is 689 g/mol. The Balaban J connectivity index is 0.000000188. The maximum Gasteiger partial charge on any atom is 0.418 e. The Morgan fingerprint density at radius 1 is 0.646 bits per heavy atom. The number of anilines is 1. The first-order chi connectivity index (χ1) is 22.6. The van der Waals surface area contributed by atoms with Gasteiger partial charge in [-0.1, -0.05) is 35.3 Å². The van der Waals surface area contributed by atoms with Gasteiger partial charge in [-0.25, -0.2) is 0 Å². The molecule has 0 atom stereocenters. The minimum absolute atomic E-state index is 0.0360. The Morgan fingerprint density at radius 2 is 1.10 bits per heavy atom. The zero-order valence-electron chi connectivity index (χ0n) is 23.8. The highest BCUT2D eigenvalue weighted by atomic mass is 35.5. The fourth-order valence-electron chi connectivity index (χ4n) is 4.46. The molecule has 8 nitrogen and oxygen atoms in total. The largest absolute Gasteiger partial charge is 0.455 e. The Hall–Kier alpha value is -5.34. The molecule has 0 aliphatic rings. The van der Waals surface area contributed by atoms with Gasteiger partial charge in [-0.15, -0.1) is 0 Å². The van der Waals surface area contributed by atoms with Gasteiger partial charge in [0, 0.05) is 41.0 Å². The van der Waals surface area contributed by atoms with Gasteiger partial charge in [0.25, 0.3) is 5.69 Å². The van der Waals surface area contributed by atoms with Crippen LogP contribution in [0.1, 0.15) is 11.1 Å². The maximum atomic E-state index is 13.1. The molecule has 0 unspecified atom stereocenters. The highest BCUT2D eigenvalue weighted by molar-refractivity contribution is 6.32. The third-order valence-corrected chi connectivity index (χ3v) is 7.19. The number of alkyl halides is 6. The van der Waals surface area contributed by atoms with Crippen molar-refractivity contribution in [1.82, 2.24) is 9.97 Å². The molecule has 0 amide bonds. The van der Waals surface area contributed by atoms with E-state index in [2.05, 4.69) is 9.97 Å². The van der Waals surface area contributed by atoms with Crippen LogP contribution in [0.3, 0.4) is 0 Å². The normalized spacial score (nSPS) is 11.6. The first-order valence-corrected chi connectivity index (χ1v) is 14.1. The van der Waals surface area contributed by atoms with Gasteiger partial charge in [-0.2, -0.15) is 26.3 Å². The van der Waals surface area contributed by atoms with Crippen molar-refractivity contribution in [2.75, 3.05) is 5.73 Å². The maximum absolute atomic E-state index is 13.1. The Kier molecular flexibility index (Phi) is 9.50. The number of hydrogen-bond donors (Lipinski definition) is 1. The average molecular weight is 707 g/mol. The predicted molar refractivity (Wildman–Crippen MR) is 168 cm³/mol. The zero-order chi connectivity index (χ0) is 34.8. The number of para-hydroxylation sites is 2. The van der Waals surface area contributed by atoms with Crippen LogP contribution in [0.5, 0.6) is 23.0 Å². The van der Waals surface area contributed by atoms with Crippen molar-refractivity contribution in [2.45, 2.75) is 12.4 Å². The van der Waals surface area contributed by atoms with Crippen molar-refractivity contribution < 1.29 is 40.7 Å². The van der Waals surface area contributed by atoms with E-state index < -0.39 is 28.4 Å². The molecular formula is C32H18Cl2F6N4O4. The third-order valence-electron chi connectivity index (χ3n) is 6.59. The van der Waals surface area contributed by atoms with Crippen molar-refractivity contribution in [3.05, 3.63) is 129 Å². The fraction of sp³-hybridized carbons (Fsp3) is 0.0625. The first kappa shape index (κ1) is 34.0. The summed E-state index contributed by atoms with van der Waals surface area (Å²) in [7, 11) is 0.